The first kappa shape index (κ1) is 27.9. The molecular weight excluding hydrogens is 503 g/mol. The molecule has 38 heavy (non-hydrogen) atoms. The van der Waals surface area contributed by atoms with Crippen molar-refractivity contribution < 1.29 is 18.7 Å². The van der Waals surface area contributed by atoms with Gasteiger partial charge in [-0.1, -0.05) is 48.0 Å². The first-order valence-corrected chi connectivity index (χ1v) is 13.4. The van der Waals surface area contributed by atoms with Gasteiger partial charge in [0.05, 0.1) is 6.04 Å². The van der Waals surface area contributed by atoms with E-state index in [1.54, 1.807) is 21.9 Å². The molecule has 1 aliphatic rings. The second-order valence-corrected chi connectivity index (χ2v) is 11.8. The molecule has 0 radical (unpaired) electrons. The van der Waals surface area contributed by atoms with Gasteiger partial charge in [-0.05, 0) is 86.7 Å². The van der Waals surface area contributed by atoms with Crippen molar-refractivity contribution >= 4 is 34.4 Å². The quantitative estimate of drug-likeness (QED) is 0.338. The molecule has 1 aliphatic heterocycles. The van der Waals surface area contributed by atoms with E-state index >= 15 is 0 Å². The highest BCUT2D eigenvalue weighted by atomic mass is 35.5. The number of likely N-dealkylation sites (tertiary alicyclic amines) is 1. The molecule has 4 rings (SSSR count). The predicted octanol–water partition coefficient (Wildman–Crippen LogP) is 7.51. The molecule has 2 amide bonds. The number of carbonyl (C=O) groups excluding carboxylic acids is 2. The maximum Gasteiger partial charge on any atom is 0.410 e. The number of benzene rings is 3. The van der Waals surface area contributed by atoms with Crippen LogP contribution in [0.1, 0.15) is 64.1 Å². The molecule has 3 aromatic carbocycles. The number of fused-ring (bicyclic) bond motifs is 1. The summed E-state index contributed by atoms with van der Waals surface area (Å²) in [7, 11) is 1.82. The van der Waals surface area contributed by atoms with E-state index in [0.717, 1.165) is 21.9 Å². The topological polar surface area (TPSA) is 49.9 Å². The molecule has 1 fully saturated rings. The predicted molar refractivity (Wildman–Crippen MR) is 150 cm³/mol. The highest BCUT2D eigenvalue weighted by Crippen LogP contribution is 2.41. The summed E-state index contributed by atoms with van der Waals surface area (Å²) in [4.78, 5) is 30.0. The minimum atomic E-state index is -0.581. The Hall–Kier alpha value is -3.12. The summed E-state index contributed by atoms with van der Waals surface area (Å²) in [5.41, 5.74) is 0.792. The highest BCUT2D eigenvalue weighted by Gasteiger charge is 2.41. The normalized spacial score (nSPS) is 16.2. The molecule has 0 spiro atoms. The fraction of sp³-hybridized carbons (Fsp3) is 0.419. The minimum absolute atomic E-state index is 0.0170. The third kappa shape index (κ3) is 6.12. The maximum absolute atomic E-state index is 13.8. The van der Waals surface area contributed by atoms with Crippen LogP contribution in [0.25, 0.3) is 10.8 Å². The zero-order valence-electron chi connectivity index (χ0n) is 22.8. The molecule has 1 unspecified atom stereocenters. The van der Waals surface area contributed by atoms with Gasteiger partial charge in [0.1, 0.15) is 11.4 Å². The number of nitrogens with zero attached hydrogens (tertiary/aromatic N) is 2. The average Bonchev–Trinajstić information content (AvgIpc) is 2.87. The molecule has 1 heterocycles. The van der Waals surface area contributed by atoms with Crippen molar-refractivity contribution in [3.63, 3.8) is 0 Å². The van der Waals surface area contributed by atoms with Gasteiger partial charge in [0.15, 0.2) is 0 Å². The third-order valence-corrected chi connectivity index (χ3v) is 7.82. The molecule has 1 saturated heterocycles. The van der Waals surface area contributed by atoms with Gasteiger partial charge in [0, 0.05) is 37.0 Å². The molecule has 1 atom stereocenters. The molecule has 0 saturated carbocycles. The van der Waals surface area contributed by atoms with Gasteiger partial charge >= 0.3 is 6.09 Å². The van der Waals surface area contributed by atoms with E-state index in [4.69, 9.17) is 16.3 Å². The van der Waals surface area contributed by atoms with Crippen molar-refractivity contribution in [2.45, 2.75) is 64.0 Å². The van der Waals surface area contributed by atoms with E-state index < -0.39 is 11.0 Å². The molecule has 5 nitrogen and oxygen atoms in total. The number of rotatable bonds is 5. The Morgan fingerprint density at radius 2 is 1.71 bits per heavy atom. The molecular formula is C31H36ClFN2O3. The molecule has 0 aromatic heterocycles. The lowest BCUT2D eigenvalue weighted by Gasteiger charge is -2.43. The molecule has 0 aliphatic carbocycles. The van der Waals surface area contributed by atoms with Crippen LogP contribution in [0.4, 0.5) is 9.18 Å². The van der Waals surface area contributed by atoms with Crippen molar-refractivity contribution in [2.75, 3.05) is 20.1 Å². The zero-order chi connectivity index (χ0) is 27.7. The molecule has 0 N–H and O–H groups in total. The van der Waals surface area contributed by atoms with E-state index in [9.17, 15) is 14.0 Å². The molecule has 7 heteroatoms. The first-order chi connectivity index (χ1) is 17.9. The summed E-state index contributed by atoms with van der Waals surface area (Å²) in [6.45, 7) is 8.45. The summed E-state index contributed by atoms with van der Waals surface area (Å²) in [5, 5.41) is 2.71. The standard InChI is InChI=1S/C31H36ClFN2O3/c1-21(27-19-24(32)18-22-8-6-7-9-26(22)27)34(5)28(36)20-31(23-10-12-25(33)13-11-23)14-16-35(17-15-31)29(37)38-30(2,3)4/h6-13,18-19,21H,14-17,20H2,1-5H3. The average molecular weight is 539 g/mol. The number of ether oxygens (including phenoxy) is 1. The first-order valence-electron chi connectivity index (χ1n) is 13.1. The van der Waals surface area contributed by atoms with Gasteiger partial charge in [-0.25, -0.2) is 9.18 Å². The van der Waals surface area contributed by atoms with Crippen molar-refractivity contribution in [1.29, 1.82) is 0 Å². The number of hydrogen-bond donors (Lipinski definition) is 0. The summed E-state index contributed by atoms with van der Waals surface area (Å²) in [5.74, 6) is -0.336. The van der Waals surface area contributed by atoms with Crippen LogP contribution in [0.2, 0.25) is 5.02 Å². The number of halogens is 2. The lowest BCUT2D eigenvalue weighted by atomic mass is 9.70. The number of carbonyl (C=O) groups is 2. The number of amides is 2. The van der Waals surface area contributed by atoms with Gasteiger partial charge in [-0.3, -0.25) is 4.79 Å². The van der Waals surface area contributed by atoms with Crippen LogP contribution in [0.15, 0.2) is 60.7 Å². The summed E-state index contributed by atoms with van der Waals surface area (Å²) < 4.78 is 19.4. The number of hydrogen-bond acceptors (Lipinski definition) is 3. The van der Waals surface area contributed by atoms with E-state index in [1.165, 1.54) is 12.1 Å². The van der Waals surface area contributed by atoms with E-state index in [0.29, 0.717) is 31.0 Å². The van der Waals surface area contributed by atoms with Crippen molar-refractivity contribution in [2.24, 2.45) is 0 Å². The van der Waals surface area contributed by atoms with E-state index in [1.807, 2.05) is 71.1 Å². The van der Waals surface area contributed by atoms with Crippen LogP contribution in [-0.4, -0.2) is 47.5 Å². The highest BCUT2D eigenvalue weighted by molar-refractivity contribution is 6.31. The summed E-state index contributed by atoms with van der Waals surface area (Å²) in [6, 6.07) is 18.1. The van der Waals surface area contributed by atoms with Gasteiger partial charge in [-0.15, -0.1) is 0 Å². The smallest absolute Gasteiger partial charge is 0.410 e. The van der Waals surface area contributed by atoms with Gasteiger partial charge < -0.3 is 14.5 Å². The van der Waals surface area contributed by atoms with Crippen LogP contribution in [0.3, 0.4) is 0 Å². The van der Waals surface area contributed by atoms with Crippen LogP contribution < -0.4 is 0 Å². The maximum atomic E-state index is 13.8. The van der Waals surface area contributed by atoms with Gasteiger partial charge in [-0.2, -0.15) is 0 Å². The van der Waals surface area contributed by atoms with Crippen LogP contribution in [0, 0.1) is 5.82 Å². The van der Waals surface area contributed by atoms with Gasteiger partial charge in [0.2, 0.25) is 5.91 Å². The largest absolute Gasteiger partial charge is 0.444 e. The monoisotopic (exact) mass is 538 g/mol. The Morgan fingerprint density at radius 3 is 2.34 bits per heavy atom. The van der Waals surface area contributed by atoms with Crippen LogP contribution in [-0.2, 0) is 14.9 Å². The lowest BCUT2D eigenvalue weighted by molar-refractivity contribution is -0.133. The second-order valence-electron chi connectivity index (χ2n) is 11.3. The van der Waals surface area contributed by atoms with E-state index in [2.05, 4.69) is 0 Å². The van der Waals surface area contributed by atoms with Crippen LogP contribution >= 0.6 is 11.6 Å². The summed E-state index contributed by atoms with van der Waals surface area (Å²) in [6.07, 6.45) is 1.05. The Labute approximate surface area is 229 Å². The van der Waals surface area contributed by atoms with Crippen molar-refractivity contribution in [1.82, 2.24) is 9.80 Å². The fourth-order valence-electron chi connectivity index (χ4n) is 5.30. The van der Waals surface area contributed by atoms with Crippen molar-refractivity contribution in [3.05, 3.63) is 82.6 Å². The number of piperidine rings is 1. The molecule has 3 aromatic rings. The Kier molecular flexibility index (Phi) is 8.03. The Balaban J connectivity index is 1.58. The lowest BCUT2D eigenvalue weighted by Crippen LogP contribution is -2.48. The minimum Gasteiger partial charge on any atom is -0.444 e. The van der Waals surface area contributed by atoms with Crippen molar-refractivity contribution in [3.8, 4) is 0 Å². The molecule has 0 bridgehead atoms. The van der Waals surface area contributed by atoms with E-state index in [-0.39, 0.29) is 30.3 Å². The fourth-order valence-corrected chi connectivity index (χ4v) is 5.54. The Bertz CT molecular complexity index is 1310. The Morgan fingerprint density at radius 1 is 1.08 bits per heavy atom. The third-order valence-electron chi connectivity index (χ3n) is 7.60. The molecule has 202 valence electrons. The zero-order valence-corrected chi connectivity index (χ0v) is 23.5. The SMILES string of the molecule is CC(c1cc(Cl)cc2ccccc12)N(C)C(=O)CC1(c2ccc(F)cc2)CCN(C(=O)OC(C)(C)C)CC1. The summed E-state index contributed by atoms with van der Waals surface area (Å²) >= 11 is 6.43. The van der Waals surface area contributed by atoms with Crippen LogP contribution in [0.5, 0.6) is 0 Å². The van der Waals surface area contributed by atoms with Gasteiger partial charge in [0.25, 0.3) is 0 Å². The second kappa shape index (κ2) is 10.9.